The fourth-order valence-corrected chi connectivity index (χ4v) is 2.94. The lowest BCUT2D eigenvalue weighted by molar-refractivity contribution is -0.137. The molecule has 0 aliphatic carbocycles. The number of benzene rings is 1. The lowest BCUT2D eigenvalue weighted by atomic mass is 9.95. The zero-order chi connectivity index (χ0) is 19.2. The minimum atomic E-state index is -4.46. The maximum Gasteiger partial charge on any atom is 0.416 e. The number of nitrogens with zero attached hydrogens (tertiary/aromatic N) is 5. The molecule has 0 saturated heterocycles. The molecule has 0 unspecified atom stereocenters. The van der Waals surface area contributed by atoms with Gasteiger partial charge in [-0.25, -0.2) is 0 Å². The summed E-state index contributed by atoms with van der Waals surface area (Å²) < 4.78 is 41.3. The Labute approximate surface area is 151 Å². The van der Waals surface area contributed by atoms with Crippen molar-refractivity contribution in [2.75, 3.05) is 5.73 Å². The number of alkyl halides is 3. The Morgan fingerprint density at radius 1 is 1.00 bits per heavy atom. The molecule has 0 spiro atoms. The van der Waals surface area contributed by atoms with Gasteiger partial charge in [-0.3, -0.25) is 9.67 Å². The number of halogens is 3. The fourth-order valence-electron chi connectivity index (χ4n) is 2.94. The molecule has 0 bridgehead atoms. The average Bonchev–Trinajstić information content (AvgIpc) is 3.07. The number of fused-ring (bicyclic) bond motifs is 1. The highest BCUT2D eigenvalue weighted by atomic mass is 19.4. The van der Waals surface area contributed by atoms with Crippen molar-refractivity contribution in [3.63, 3.8) is 0 Å². The molecule has 0 fully saturated rings. The molecule has 0 aliphatic heterocycles. The second kappa shape index (κ2) is 6.04. The third-order valence-electron chi connectivity index (χ3n) is 4.23. The van der Waals surface area contributed by atoms with Gasteiger partial charge < -0.3 is 5.73 Å². The molecule has 2 N–H and O–H groups in total. The van der Waals surface area contributed by atoms with Crippen LogP contribution in [0.15, 0.2) is 49.1 Å². The van der Waals surface area contributed by atoms with E-state index in [9.17, 15) is 13.2 Å². The molecule has 0 atom stereocenters. The predicted molar refractivity (Wildman–Crippen MR) is 94.4 cm³/mol. The summed E-state index contributed by atoms with van der Waals surface area (Å²) in [5.41, 5.74) is 6.93. The number of nitrogen functional groups attached to an aromatic ring is 1. The van der Waals surface area contributed by atoms with Crippen LogP contribution in [0.4, 0.5) is 19.0 Å². The molecule has 3 aromatic heterocycles. The number of hydrogen-bond acceptors (Lipinski definition) is 5. The van der Waals surface area contributed by atoms with E-state index in [1.165, 1.54) is 16.9 Å². The first kappa shape index (κ1) is 17.0. The Balaban J connectivity index is 2.03. The molecule has 3 heterocycles. The van der Waals surface area contributed by atoms with Crippen LogP contribution in [-0.4, -0.2) is 25.0 Å². The zero-order valence-corrected chi connectivity index (χ0v) is 14.1. The number of nitrogens with two attached hydrogens (primary N) is 1. The maximum absolute atomic E-state index is 13.3. The number of aryl methyl sites for hydroxylation is 1. The third-order valence-corrected chi connectivity index (χ3v) is 4.23. The van der Waals surface area contributed by atoms with Crippen molar-refractivity contribution in [2.24, 2.45) is 7.05 Å². The van der Waals surface area contributed by atoms with Gasteiger partial charge in [0.25, 0.3) is 0 Å². The monoisotopic (exact) mass is 370 g/mol. The molecule has 0 aliphatic rings. The van der Waals surface area contributed by atoms with E-state index in [4.69, 9.17) is 5.73 Å². The highest BCUT2D eigenvalue weighted by molar-refractivity contribution is 6.01. The van der Waals surface area contributed by atoms with Crippen molar-refractivity contribution in [1.29, 1.82) is 0 Å². The molecule has 4 aromatic rings. The lowest BCUT2D eigenvalue weighted by Crippen LogP contribution is -2.06. The molecular weight excluding hydrogens is 357 g/mol. The van der Waals surface area contributed by atoms with Crippen molar-refractivity contribution in [3.05, 3.63) is 54.6 Å². The molecule has 27 heavy (non-hydrogen) atoms. The van der Waals surface area contributed by atoms with Gasteiger partial charge in [0, 0.05) is 47.5 Å². The molecule has 0 saturated carbocycles. The SMILES string of the molecule is Cn1cc(-c2cc(C(F)(F)F)ccc2-c2nnc(N)c3cnccc23)cn1. The number of rotatable bonds is 2. The second-order valence-electron chi connectivity index (χ2n) is 6.02. The van der Waals surface area contributed by atoms with Gasteiger partial charge in [-0.15, -0.1) is 10.2 Å². The summed E-state index contributed by atoms with van der Waals surface area (Å²) >= 11 is 0. The van der Waals surface area contributed by atoms with Crippen molar-refractivity contribution in [2.45, 2.75) is 6.18 Å². The molecule has 4 rings (SSSR count). The predicted octanol–water partition coefficient (Wildman–Crippen LogP) is 3.69. The first-order valence-electron chi connectivity index (χ1n) is 7.91. The van der Waals surface area contributed by atoms with Gasteiger partial charge in [0.2, 0.25) is 0 Å². The highest BCUT2D eigenvalue weighted by Crippen LogP contribution is 2.39. The van der Waals surface area contributed by atoms with Crippen LogP contribution in [0.2, 0.25) is 0 Å². The summed E-state index contributed by atoms with van der Waals surface area (Å²) in [6, 6.07) is 5.23. The Kier molecular flexibility index (Phi) is 3.79. The maximum atomic E-state index is 13.3. The first-order chi connectivity index (χ1) is 12.8. The van der Waals surface area contributed by atoms with Crippen LogP contribution in [0.25, 0.3) is 33.2 Å². The summed E-state index contributed by atoms with van der Waals surface area (Å²) in [6.07, 6.45) is 1.81. The van der Waals surface area contributed by atoms with Gasteiger partial charge in [0.1, 0.15) is 5.69 Å². The number of pyridine rings is 1. The van der Waals surface area contributed by atoms with Crippen LogP contribution in [0.3, 0.4) is 0 Å². The van der Waals surface area contributed by atoms with E-state index < -0.39 is 11.7 Å². The second-order valence-corrected chi connectivity index (χ2v) is 6.02. The summed E-state index contributed by atoms with van der Waals surface area (Å²) in [5, 5.41) is 13.4. The molecule has 9 heteroatoms. The standard InChI is InChI=1S/C18H13F3N6/c1-27-9-10(7-24-27)14-6-11(18(19,20)21)2-3-12(14)16-13-4-5-23-8-15(13)17(22)26-25-16/h2-9H,1H3,(H2,22,26). The van der Waals surface area contributed by atoms with E-state index in [0.29, 0.717) is 33.2 Å². The third kappa shape index (κ3) is 2.97. The van der Waals surface area contributed by atoms with E-state index in [-0.39, 0.29) is 5.82 Å². The minimum Gasteiger partial charge on any atom is -0.382 e. The highest BCUT2D eigenvalue weighted by Gasteiger charge is 2.31. The van der Waals surface area contributed by atoms with Gasteiger partial charge in [0.15, 0.2) is 5.82 Å². The van der Waals surface area contributed by atoms with Gasteiger partial charge in [-0.05, 0) is 23.8 Å². The van der Waals surface area contributed by atoms with E-state index >= 15 is 0 Å². The van der Waals surface area contributed by atoms with E-state index in [0.717, 1.165) is 12.1 Å². The van der Waals surface area contributed by atoms with Gasteiger partial charge in [-0.2, -0.15) is 18.3 Å². The average molecular weight is 370 g/mol. The summed E-state index contributed by atoms with van der Waals surface area (Å²) in [7, 11) is 1.70. The molecule has 6 nitrogen and oxygen atoms in total. The summed E-state index contributed by atoms with van der Waals surface area (Å²) in [6.45, 7) is 0. The molecule has 0 amide bonds. The topological polar surface area (TPSA) is 82.5 Å². The molecular formula is C18H13F3N6. The smallest absolute Gasteiger partial charge is 0.382 e. The number of hydrogen-bond donors (Lipinski definition) is 1. The fraction of sp³-hybridized carbons (Fsp3) is 0.111. The Morgan fingerprint density at radius 2 is 1.81 bits per heavy atom. The van der Waals surface area contributed by atoms with Gasteiger partial charge in [0.05, 0.1) is 11.8 Å². The van der Waals surface area contributed by atoms with Crippen LogP contribution >= 0.6 is 0 Å². The quantitative estimate of drug-likeness (QED) is 0.582. The van der Waals surface area contributed by atoms with Crippen LogP contribution in [0, 0.1) is 0 Å². The Bertz CT molecular complexity index is 1150. The van der Waals surface area contributed by atoms with Crippen LogP contribution in [-0.2, 0) is 13.2 Å². The van der Waals surface area contributed by atoms with E-state index in [2.05, 4.69) is 20.3 Å². The van der Waals surface area contributed by atoms with Crippen LogP contribution in [0.5, 0.6) is 0 Å². The molecule has 136 valence electrons. The Morgan fingerprint density at radius 3 is 2.52 bits per heavy atom. The lowest BCUT2D eigenvalue weighted by Gasteiger charge is -2.14. The van der Waals surface area contributed by atoms with E-state index in [1.54, 1.807) is 31.7 Å². The molecule has 0 radical (unpaired) electrons. The zero-order valence-electron chi connectivity index (χ0n) is 14.1. The van der Waals surface area contributed by atoms with Gasteiger partial charge in [-0.1, -0.05) is 6.07 Å². The summed E-state index contributed by atoms with van der Waals surface area (Å²) in [4.78, 5) is 4.03. The van der Waals surface area contributed by atoms with Crippen LogP contribution < -0.4 is 5.73 Å². The number of anilines is 1. The first-order valence-corrected chi connectivity index (χ1v) is 7.91. The largest absolute Gasteiger partial charge is 0.416 e. The van der Waals surface area contributed by atoms with Crippen molar-refractivity contribution in [3.8, 4) is 22.4 Å². The Hall–Kier alpha value is -3.49. The minimum absolute atomic E-state index is 0.205. The van der Waals surface area contributed by atoms with Gasteiger partial charge >= 0.3 is 6.18 Å². The van der Waals surface area contributed by atoms with Crippen molar-refractivity contribution < 1.29 is 13.2 Å². The van der Waals surface area contributed by atoms with Crippen molar-refractivity contribution >= 4 is 16.6 Å². The normalized spacial score (nSPS) is 11.9. The summed E-state index contributed by atoms with van der Waals surface area (Å²) in [5.74, 6) is 0.205. The van der Waals surface area contributed by atoms with E-state index in [1.807, 2.05) is 0 Å². The van der Waals surface area contributed by atoms with Crippen molar-refractivity contribution in [1.82, 2.24) is 25.0 Å². The van der Waals surface area contributed by atoms with Crippen LogP contribution in [0.1, 0.15) is 5.56 Å². The number of aromatic nitrogens is 5. The molecule has 1 aromatic carbocycles.